The first kappa shape index (κ1) is 18.6. The highest BCUT2D eigenvalue weighted by molar-refractivity contribution is 5.85. The quantitative estimate of drug-likeness (QED) is 0.859. The number of halogens is 3. The van der Waals surface area contributed by atoms with Crippen molar-refractivity contribution in [1.82, 2.24) is 10.6 Å². The first-order chi connectivity index (χ1) is 10.1. The fraction of sp³-hybridized carbons (Fsp3) is 0.500. The van der Waals surface area contributed by atoms with Crippen LogP contribution in [0.4, 0.5) is 8.78 Å². The van der Waals surface area contributed by atoms with E-state index < -0.39 is 12.7 Å². The molecular weight excluding hydrogens is 318 g/mol. The summed E-state index contributed by atoms with van der Waals surface area (Å²) in [4.78, 5) is 12.1. The summed E-state index contributed by atoms with van der Waals surface area (Å²) in [6.07, 6.45) is -0.230. The number of hydrogen-bond donors (Lipinski definition) is 2. The molecule has 1 heterocycles. The Kier molecular flexibility index (Phi) is 7.50. The van der Waals surface area contributed by atoms with Gasteiger partial charge in [0.15, 0.2) is 0 Å². The third-order valence-corrected chi connectivity index (χ3v) is 3.24. The average molecular weight is 337 g/mol. The highest BCUT2D eigenvalue weighted by Crippen LogP contribution is 2.20. The molecule has 1 saturated heterocycles. The molecule has 1 fully saturated rings. The Morgan fingerprint density at radius 1 is 1.50 bits per heavy atom. The van der Waals surface area contributed by atoms with Crippen molar-refractivity contribution in [3.8, 4) is 5.75 Å². The van der Waals surface area contributed by atoms with E-state index in [0.29, 0.717) is 18.7 Å². The van der Waals surface area contributed by atoms with Crippen molar-refractivity contribution in [3.05, 3.63) is 29.8 Å². The summed E-state index contributed by atoms with van der Waals surface area (Å²) in [7, 11) is 0. The van der Waals surface area contributed by atoms with Gasteiger partial charge in [0, 0.05) is 18.7 Å². The van der Waals surface area contributed by atoms with Crippen molar-refractivity contribution in [2.45, 2.75) is 32.2 Å². The second-order valence-corrected chi connectivity index (χ2v) is 4.71. The lowest BCUT2D eigenvalue weighted by atomic mass is 10.1. The number of carbonyl (C=O) groups excluding carboxylic acids is 1. The van der Waals surface area contributed by atoms with E-state index in [4.69, 9.17) is 4.74 Å². The summed E-state index contributed by atoms with van der Waals surface area (Å²) >= 11 is 0. The maximum Gasteiger partial charge on any atom is 0.387 e. The minimum absolute atomic E-state index is 0. The molecule has 0 bridgehead atoms. The molecule has 5 nitrogen and oxygen atoms in total. The Balaban J connectivity index is 0.00000242. The maximum absolute atomic E-state index is 12.3. The maximum atomic E-state index is 12.3. The van der Waals surface area contributed by atoms with E-state index in [-0.39, 0.29) is 36.7 Å². The molecule has 2 N–H and O–H groups in total. The molecule has 0 aromatic heterocycles. The van der Waals surface area contributed by atoms with Gasteiger partial charge in [-0.3, -0.25) is 4.79 Å². The number of hydrogen-bond acceptors (Lipinski definition) is 4. The molecule has 0 saturated carbocycles. The predicted octanol–water partition coefficient (Wildman–Crippen LogP) is 1.70. The fourth-order valence-corrected chi connectivity index (χ4v) is 2.18. The molecular formula is C14H19ClF2N2O3. The molecule has 1 aromatic rings. The molecule has 0 unspecified atom stereocenters. The number of alkyl halides is 2. The number of rotatable bonds is 5. The van der Waals surface area contributed by atoms with E-state index in [1.165, 1.54) is 6.07 Å². The van der Waals surface area contributed by atoms with Crippen molar-refractivity contribution < 1.29 is 23.0 Å². The summed E-state index contributed by atoms with van der Waals surface area (Å²) in [5.74, 6) is -0.164. The summed E-state index contributed by atoms with van der Waals surface area (Å²) in [6.45, 7) is 0.204. The van der Waals surface area contributed by atoms with Gasteiger partial charge in [-0.25, -0.2) is 0 Å². The smallest absolute Gasteiger partial charge is 0.387 e. The number of nitrogens with one attached hydrogen (secondary N) is 2. The molecule has 124 valence electrons. The number of benzene rings is 1. The monoisotopic (exact) mass is 336 g/mol. The zero-order chi connectivity index (χ0) is 15.2. The zero-order valence-corrected chi connectivity index (χ0v) is 12.9. The number of ether oxygens (including phenoxy) is 2. The van der Waals surface area contributed by atoms with E-state index >= 15 is 0 Å². The summed E-state index contributed by atoms with van der Waals surface area (Å²) in [5.41, 5.74) is 0.496. The molecule has 0 spiro atoms. The van der Waals surface area contributed by atoms with Gasteiger partial charge in [-0.2, -0.15) is 8.78 Å². The first-order valence-electron chi connectivity index (χ1n) is 6.73. The van der Waals surface area contributed by atoms with Crippen LogP contribution in [-0.4, -0.2) is 37.8 Å². The highest BCUT2D eigenvalue weighted by atomic mass is 35.5. The van der Waals surface area contributed by atoms with Gasteiger partial charge in [0.2, 0.25) is 5.91 Å². The second-order valence-electron chi connectivity index (χ2n) is 4.71. The van der Waals surface area contributed by atoms with Crippen molar-refractivity contribution in [1.29, 1.82) is 0 Å². The Hall–Kier alpha value is -1.44. The third kappa shape index (κ3) is 5.08. The van der Waals surface area contributed by atoms with Gasteiger partial charge in [0.1, 0.15) is 11.8 Å². The highest BCUT2D eigenvalue weighted by Gasteiger charge is 2.28. The number of amides is 1. The molecule has 1 amide bonds. The van der Waals surface area contributed by atoms with E-state index in [1.54, 1.807) is 18.2 Å². The van der Waals surface area contributed by atoms with Gasteiger partial charge in [0.05, 0.1) is 12.7 Å². The molecule has 2 atom stereocenters. The Morgan fingerprint density at radius 2 is 2.23 bits per heavy atom. The van der Waals surface area contributed by atoms with E-state index in [0.717, 1.165) is 0 Å². The minimum Gasteiger partial charge on any atom is -0.434 e. The van der Waals surface area contributed by atoms with Crippen molar-refractivity contribution >= 4 is 18.3 Å². The van der Waals surface area contributed by atoms with Crippen molar-refractivity contribution in [3.63, 3.8) is 0 Å². The molecule has 8 heteroatoms. The van der Waals surface area contributed by atoms with Gasteiger partial charge in [0.25, 0.3) is 0 Å². The lowest BCUT2D eigenvalue weighted by molar-refractivity contribution is -0.129. The van der Waals surface area contributed by atoms with Gasteiger partial charge >= 0.3 is 6.61 Å². The van der Waals surface area contributed by atoms with Crippen LogP contribution in [0.25, 0.3) is 0 Å². The Labute approximate surface area is 133 Å². The lowest BCUT2D eigenvalue weighted by Crippen LogP contribution is -2.55. The van der Waals surface area contributed by atoms with Gasteiger partial charge in [-0.1, -0.05) is 18.2 Å². The van der Waals surface area contributed by atoms with E-state index in [2.05, 4.69) is 15.4 Å². The first-order valence-corrected chi connectivity index (χ1v) is 6.73. The molecule has 1 aromatic carbocycles. The second kappa shape index (κ2) is 8.87. The van der Waals surface area contributed by atoms with Crippen molar-refractivity contribution in [2.24, 2.45) is 0 Å². The van der Waals surface area contributed by atoms with Crippen LogP contribution in [0.5, 0.6) is 5.75 Å². The minimum atomic E-state index is -2.89. The lowest BCUT2D eigenvalue weighted by Gasteiger charge is -2.29. The molecule has 0 radical (unpaired) electrons. The number of carbonyl (C=O) groups is 1. The molecule has 1 aliphatic heterocycles. The third-order valence-electron chi connectivity index (χ3n) is 3.24. The topological polar surface area (TPSA) is 59.6 Å². The van der Waals surface area contributed by atoms with Crippen LogP contribution < -0.4 is 15.4 Å². The van der Waals surface area contributed by atoms with Crippen LogP contribution >= 0.6 is 12.4 Å². The summed E-state index contributed by atoms with van der Waals surface area (Å²) in [6, 6.07) is 5.93. The van der Waals surface area contributed by atoms with E-state index in [9.17, 15) is 13.6 Å². The standard InChI is InChI=1S/C14H18F2N2O3.ClH/c1-9-12(17-6-7-20-9)13(19)18-8-10-4-2-3-5-11(10)21-14(15)16;/h2-5,9,12,14,17H,6-8H2,1H3,(H,18,19);1H/t9-,12+;/m1./s1. The molecule has 0 aliphatic carbocycles. The number of morpholine rings is 1. The zero-order valence-electron chi connectivity index (χ0n) is 12.1. The van der Waals surface area contributed by atoms with Crippen LogP contribution in [0.2, 0.25) is 0 Å². The van der Waals surface area contributed by atoms with Crippen LogP contribution in [0.1, 0.15) is 12.5 Å². The van der Waals surface area contributed by atoms with Gasteiger partial charge < -0.3 is 20.1 Å². The Morgan fingerprint density at radius 3 is 2.91 bits per heavy atom. The fourth-order valence-electron chi connectivity index (χ4n) is 2.18. The summed E-state index contributed by atoms with van der Waals surface area (Å²) in [5, 5.41) is 5.77. The van der Waals surface area contributed by atoms with E-state index in [1.807, 2.05) is 6.92 Å². The normalized spacial score (nSPS) is 21.1. The predicted molar refractivity (Wildman–Crippen MR) is 79.4 cm³/mol. The molecule has 22 heavy (non-hydrogen) atoms. The largest absolute Gasteiger partial charge is 0.434 e. The van der Waals surface area contributed by atoms with Crippen LogP contribution in [0, 0.1) is 0 Å². The SMILES string of the molecule is C[C@H]1OCCN[C@@H]1C(=O)NCc1ccccc1OC(F)F.Cl. The van der Waals surface area contributed by atoms with Crippen LogP contribution in [-0.2, 0) is 16.1 Å². The van der Waals surface area contributed by atoms with Gasteiger partial charge in [-0.15, -0.1) is 12.4 Å². The van der Waals surface area contributed by atoms with Crippen LogP contribution in [0.3, 0.4) is 0 Å². The van der Waals surface area contributed by atoms with Crippen molar-refractivity contribution in [2.75, 3.05) is 13.2 Å². The molecule has 2 rings (SSSR count). The number of para-hydroxylation sites is 1. The van der Waals surface area contributed by atoms with Crippen LogP contribution in [0.15, 0.2) is 24.3 Å². The molecule has 1 aliphatic rings. The Bertz CT molecular complexity index is 491. The van der Waals surface area contributed by atoms with Gasteiger partial charge in [-0.05, 0) is 13.0 Å². The average Bonchev–Trinajstić information content (AvgIpc) is 2.46. The summed E-state index contributed by atoms with van der Waals surface area (Å²) < 4.78 is 34.4.